The standard InChI is InChI=1S/C28H29FN4O2/c1-33-14-22(18-8-9-30-25(12-18)17-4-2-16(3-5-17)10-26(34)35)28-23(15-33)21-13-20(29)11-19-6-7-24(27(19)21)31-32-28/h6-8,10-11,13,15,17,25,30,32H,2-5,9,12,14H2,1H3,(H,34,35). The smallest absolute Gasteiger partial charge is 0.328 e. The Labute approximate surface area is 204 Å². The molecule has 1 fully saturated rings. The van der Waals surface area contributed by atoms with Crippen LogP contribution in [0.4, 0.5) is 4.39 Å². The first-order chi connectivity index (χ1) is 17.0. The molecule has 1 aromatic rings. The van der Waals surface area contributed by atoms with Crippen LogP contribution >= 0.6 is 0 Å². The van der Waals surface area contributed by atoms with E-state index in [1.165, 1.54) is 17.2 Å². The summed E-state index contributed by atoms with van der Waals surface area (Å²) in [4.78, 5) is 13.2. The van der Waals surface area contributed by atoms with Crippen molar-refractivity contribution >= 4 is 23.3 Å². The number of likely N-dealkylation sites (N-methyl/N-ethyl adjacent to an activating group) is 1. The zero-order valence-electron chi connectivity index (χ0n) is 19.8. The molecule has 0 radical (unpaired) electrons. The Kier molecular flexibility index (Phi) is 5.44. The molecule has 3 aliphatic heterocycles. The molecule has 7 heteroatoms. The number of nitrogens with zero attached hydrogens (tertiary/aromatic N) is 2. The predicted octanol–water partition coefficient (Wildman–Crippen LogP) is 4.19. The van der Waals surface area contributed by atoms with Gasteiger partial charge in [0, 0.05) is 55.2 Å². The number of carboxylic acids is 1. The van der Waals surface area contributed by atoms with Crippen molar-refractivity contribution in [2.75, 3.05) is 20.1 Å². The first-order valence-electron chi connectivity index (χ1n) is 12.3. The van der Waals surface area contributed by atoms with Gasteiger partial charge in [-0.15, -0.1) is 0 Å². The van der Waals surface area contributed by atoms with Gasteiger partial charge in [-0.1, -0.05) is 17.7 Å². The number of rotatable bonds is 3. The van der Waals surface area contributed by atoms with Gasteiger partial charge in [0.25, 0.3) is 0 Å². The Morgan fingerprint density at radius 2 is 2.09 bits per heavy atom. The van der Waals surface area contributed by atoms with E-state index in [9.17, 15) is 9.18 Å². The molecule has 1 saturated carbocycles. The van der Waals surface area contributed by atoms with Gasteiger partial charge >= 0.3 is 5.97 Å². The van der Waals surface area contributed by atoms with E-state index in [4.69, 9.17) is 10.2 Å². The summed E-state index contributed by atoms with van der Waals surface area (Å²) < 4.78 is 14.5. The van der Waals surface area contributed by atoms with Gasteiger partial charge in [0.05, 0.1) is 11.4 Å². The summed E-state index contributed by atoms with van der Waals surface area (Å²) in [6, 6.07) is 3.56. The van der Waals surface area contributed by atoms with Gasteiger partial charge < -0.3 is 15.3 Å². The van der Waals surface area contributed by atoms with Crippen LogP contribution in [0.1, 0.15) is 48.8 Å². The lowest BCUT2D eigenvalue weighted by Gasteiger charge is -2.37. The van der Waals surface area contributed by atoms with Crippen molar-refractivity contribution in [2.45, 2.75) is 38.1 Å². The maximum Gasteiger partial charge on any atom is 0.328 e. The molecular formula is C28H29FN4O2. The van der Waals surface area contributed by atoms with Crippen molar-refractivity contribution in [1.82, 2.24) is 15.6 Å². The number of hydrogen-bond acceptors (Lipinski definition) is 5. The van der Waals surface area contributed by atoms with E-state index in [-0.39, 0.29) is 5.82 Å². The highest BCUT2D eigenvalue weighted by atomic mass is 19.1. The molecule has 3 N–H and O–H groups in total. The fourth-order valence-electron chi connectivity index (χ4n) is 6.17. The highest BCUT2D eigenvalue weighted by Crippen LogP contribution is 2.41. The summed E-state index contributed by atoms with van der Waals surface area (Å²) in [5.41, 5.74) is 12.4. The largest absolute Gasteiger partial charge is 0.478 e. The number of carbonyl (C=O) groups is 1. The molecule has 0 amide bonds. The molecule has 1 unspecified atom stereocenters. The topological polar surface area (TPSA) is 77.0 Å². The summed E-state index contributed by atoms with van der Waals surface area (Å²) in [6.45, 7) is 1.57. The molecule has 0 bridgehead atoms. The molecule has 1 aromatic carbocycles. The first kappa shape index (κ1) is 22.0. The molecule has 6 rings (SSSR count). The van der Waals surface area contributed by atoms with Crippen molar-refractivity contribution in [1.29, 1.82) is 0 Å². The van der Waals surface area contributed by atoms with E-state index < -0.39 is 5.97 Å². The number of allylic oxidation sites excluding steroid dienone is 3. The van der Waals surface area contributed by atoms with Crippen LogP contribution < -0.4 is 10.7 Å². The highest BCUT2D eigenvalue weighted by molar-refractivity contribution is 6.20. The maximum atomic E-state index is 14.5. The lowest BCUT2D eigenvalue weighted by Crippen LogP contribution is -2.41. The molecule has 2 aliphatic carbocycles. The predicted molar refractivity (Wildman–Crippen MR) is 135 cm³/mol. The quantitative estimate of drug-likeness (QED) is 0.575. The van der Waals surface area contributed by atoms with Crippen LogP contribution in [0.3, 0.4) is 0 Å². The maximum absolute atomic E-state index is 14.5. The Bertz CT molecular complexity index is 1290. The second kappa shape index (κ2) is 8.64. The summed E-state index contributed by atoms with van der Waals surface area (Å²) in [5.74, 6) is -0.564. The van der Waals surface area contributed by atoms with Crippen LogP contribution in [0.5, 0.6) is 0 Å². The molecule has 0 aromatic heterocycles. The summed E-state index contributed by atoms with van der Waals surface area (Å²) in [5, 5.41) is 17.4. The van der Waals surface area contributed by atoms with E-state index >= 15 is 0 Å². The number of hydrogen-bond donors (Lipinski definition) is 3. The molecule has 180 valence electrons. The fourth-order valence-corrected chi connectivity index (χ4v) is 6.17. The summed E-state index contributed by atoms with van der Waals surface area (Å²) >= 11 is 0. The molecule has 3 heterocycles. The Morgan fingerprint density at radius 3 is 2.89 bits per heavy atom. The molecule has 6 nitrogen and oxygen atoms in total. The van der Waals surface area contributed by atoms with Gasteiger partial charge in [-0.3, -0.25) is 5.43 Å². The SMILES string of the molecule is CN1C=C2C(=C(C3=CCNC(C4CCC(=CC(=O)O)CC4)C3)C1)NN=C1C=Cc3cc(F)cc2c31. The molecular weight excluding hydrogens is 443 g/mol. The van der Waals surface area contributed by atoms with Crippen LogP contribution in [0.15, 0.2) is 64.1 Å². The van der Waals surface area contributed by atoms with Crippen LogP contribution in [0, 0.1) is 11.7 Å². The lowest BCUT2D eigenvalue weighted by atomic mass is 9.77. The van der Waals surface area contributed by atoms with Crippen molar-refractivity contribution in [3.63, 3.8) is 0 Å². The van der Waals surface area contributed by atoms with E-state index in [2.05, 4.69) is 35.0 Å². The normalized spacial score (nSPS) is 25.1. The number of benzene rings is 1. The summed E-state index contributed by atoms with van der Waals surface area (Å²) in [6.07, 6.45) is 14.3. The van der Waals surface area contributed by atoms with Gasteiger partial charge in [0.2, 0.25) is 0 Å². The van der Waals surface area contributed by atoms with Crippen LogP contribution in [-0.4, -0.2) is 47.9 Å². The minimum atomic E-state index is -0.844. The van der Waals surface area contributed by atoms with Gasteiger partial charge in [-0.2, -0.15) is 5.10 Å². The number of carboxylic acid groups (broad SMARTS) is 1. The van der Waals surface area contributed by atoms with Gasteiger partial charge in [-0.05, 0) is 72.9 Å². The number of fused-ring (bicyclic) bond motifs is 2. The lowest BCUT2D eigenvalue weighted by molar-refractivity contribution is -0.131. The molecule has 5 aliphatic rings. The van der Waals surface area contributed by atoms with Gasteiger partial charge in [0.1, 0.15) is 5.82 Å². The number of halogens is 1. The second-order valence-electron chi connectivity index (χ2n) is 10.1. The fraction of sp³-hybridized carbons (Fsp3) is 0.357. The van der Waals surface area contributed by atoms with Crippen molar-refractivity contribution in [3.8, 4) is 0 Å². The van der Waals surface area contributed by atoms with Gasteiger partial charge in [0.15, 0.2) is 0 Å². The van der Waals surface area contributed by atoms with Crippen molar-refractivity contribution in [2.24, 2.45) is 11.0 Å². The van der Waals surface area contributed by atoms with Crippen LogP contribution in [0.25, 0.3) is 11.6 Å². The van der Waals surface area contributed by atoms with E-state index in [1.54, 1.807) is 12.1 Å². The zero-order chi connectivity index (χ0) is 24.1. The summed E-state index contributed by atoms with van der Waals surface area (Å²) in [7, 11) is 2.06. The third-order valence-electron chi connectivity index (χ3n) is 7.84. The van der Waals surface area contributed by atoms with E-state index in [0.717, 1.165) is 84.4 Å². The zero-order valence-corrected chi connectivity index (χ0v) is 19.8. The first-order valence-corrected chi connectivity index (χ1v) is 12.3. The van der Waals surface area contributed by atoms with Gasteiger partial charge in [-0.25, -0.2) is 9.18 Å². The third kappa shape index (κ3) is 4.04. The Hall–Kier alpha value is -3.45. The van der Waals surface area contributed by atoms with Crippen LogP contribution in [0.2, 0.25) is 0 Å². The van der Waals surface area contributed by atoms with Crippen molar-refractivity contribution < 1.29 is 14.3 Å². The Morgan fingerprint density at radius 1 is 1.26 bits per heavy atom. The molecule has 0 spiro atoms. The Balaban J connectivity index is 1.31. The monoisotopic (exact) mass is 472 g/mol. The minimum Gasteiger partial charge on any atom is -0.478 e. The molecule has 1 atom stereocenters. The number of aliphatic carboxylic acids is 1. The average Bonchev–Trinajstić information content (AvgIpc) is 3.17. The number of nitrogens with one attached hydrogen (secondary N) is 2. The van der Waals surface area contributed by atoms with E-state index in [0.29, 0.717) is 12.0 Å². The molecule has 0 saturated heterocycles. The van der Waals surface area contributed by atoms with Crippen LogP contribution in [-0.2, 0) is 4.79 Å². The van der Waals surface area contributed by atoms with E-state index in [1.807, 2.05) is 12.2 Å². The highest BCUT2D eigenvalue weighted by Gasteiger charge is 2.33. The third-order valence-corrected chi connectivity index (χ3v) is 7.84. The van der Waals surface area contributed by atoms with Crippen molar-refractivity contribution in [3.05, 3.63) is 81.5 Å². The molecule has 35 heavy (non-hydrogen) atoms. The minimum absolute atomic E-state index is 0.240. The average molecular weight is 473 g/mol. The number of hydrazone groups is 1. The second-order valence-corrected chi connectivity index (χ2v) is 10.1.